The molecule has 208 valence electrons. The van der Waals surface area contributed by atoms with Crippen LogP contribution in [0.2, 0.25) is 5.28 Å². The molecular weight excluding hydrogens is 540 g/mol. The van der Waals surface area contributed by atoms with Crippen LogP contribution < -0.4 is 5.32 Å². The molecule has 4 heterocycles. The summed E-state index contributed by atoms with van der Waals surface area (Å²) < 4.78 is 17.3. The van der Waals surface area contributed by atoms with E-state index < -0.39 is 54.6 Å². The second-order valence-corrected chi connectivity index (χ2v) is 9.59. The van der Waals surface area contributed by atoms with Crippen LogP contribution >= 0.6 is 11.6 Å². The molecule has 1 aliphatic rings. The fraction of sp³-hybridized carbons (Fsp3) is 0.478. The molecule has 1 saturated heterocycles. The number of halogens is 1. The summed E-state index contributed by atoms with van der Waals surface area (Å²) in [6.07, 6.45) is 1.31. The first-order valence-corrected chi connectivity index (χ1v) is 11.9. The van der Waals surface area contributed by atoms with E-state index in [0.717, 1.165) is 0 Å². The topological polar surface area (TPSA) is 215 Å². The number of aliphatic carboxylic acids is 2. The molecule has 1 fully saturated rings. The maximum absolute atomic E-state index is 12.1. The van der Waals surface area contributed by atoms with Crippen molar-refractivity contribution in [2.75, 3.05) is 11.9 Å². The highest BCUT2D eigenvalue weighted by Crippen LogP contribution is 2.39. The summed E-state index contributed by atoms with van der Waals surface area (Å²) in [6.45, 7) is 4.45. The number of rotatable bonds is 10. The van der Waals surface area contributed by atoms with Crippen molar-refractivity contribution in [3.8, 4) is 12.3 Å². The predicted octanol–water partition coefficient (Wildman–Crippen LogP) is 0.386. The first kappa shape index (κ1) is 28.2. The summed E-state index contributed by atoms with van der Waals surface area (Å²) >= 11 is 6.09. The van der Waals surface area contributed by atoms with E-state index in [-0.39, 0.29) is 28.2 Å². The quantitative estimate of drug-likeness (QED) is 0.128. The average Bonchev–Trinajstić information content (AvgIpc) is 3.53. The van der Waals surface area contributed by atoms with Crippen LogP contribution in [0.5, 0.6) is 0 Å². The van der Waals surface area contributed by atoms with E-state index in [1.165, 1.54) is 17.0 Å². The summed E-state index contributed by atoms with van der Waals surface area (Å²) in [5.74, 6) is -0.993. The van der Waals surface area contributed by atoms with E-state index in [4.69, 9.17) is 32.0 Å². The number of hydrogen-bond donors (Lipinski definition) is 5. The molecule has 0 radical (unpaired) electrons. The molecule has 39 heavy (non-hydrogen) atoms. The smallest absolute Gasteiger partial charge is 0.348 e. The Bertz CT molecular complexity index is 1440. The van der Waals surface area contributed by atoms with Crippen molar-refractivity contribution in [1.82, 2.24) is 24.7 Å². The largest absolute Gasteiger partial charge is 0.479 e. The molecule has 0 aliphatic carbocycles. The maximum atomic E-state index is 12.1. The van der Waals surface area contributed by atoms with Crippen molar-refractivity contribution in [3.63, 3.8) is 0 Å². The Morgan fingerprint density at radius 1 is 1.36 bits per heavy atom. The molecule has 4 rings (SSSR count). The number of hydrogen-bond acceptors (Lipinski definition) is 12. The van der Waals surface area contributed by atoms with Gasteiger partial charge in [0, 0.05) is 18.5 Å². The Hall–Kier alpha value is -3.81. The van der Waals surface area contributed by atoms with Gasteiger partial charge in [0.15, 0.2) is 28.8 Å². The zero-order chi connectivity index (χ0) is 28.7. The van der Waals surface area contributed by atoms with Gasteiger partial charge in [0.05, 0.1) is 18.6 Å². The molecule has 0 bridgehead atoms. The fourth-order valence-corrected chi connectivity index (χ4v) is 4.32. The van der Waals surface area contributed by atoms with Crippen molar-refractivity contribution >= 4 is 40.5 Å². The zero-order valence-corrected chi connectivity index (χ0v) is 21.7. The number of fused-ring (bicyclic) bond motifs is 1. The van der Waals surface area contributed by atoms with Crippen LogP contribution in [0.3, 0.4) is 0 Å². The Morgan fingerprint density at radius 3 is 2.62 bits per heavy atom. The summed E-state index contributed by atoms with van der Waals surface area (Å²) in [5.41, 5.74) is -4.85. The number of aromatic nitrogens is 5. The van der Waals surface area contributed by atoms with E-state index in [9.17, 15) is 30.0 Å². The molecule has 4 atom stereocenters. The van der Waals surface area contributed by atoms with Gasteiger partial charge in [-0.1, -0.05) is 11.1 Å². The monoisotopic (exact) mass is 564 g/mol. The van der Waals surface area contributed by atoms with Gasteiger partial charge in [0.25, 0.3) is 5.60 Å². The lowest BCUT2D eigenvalue weighted by molar-refractivity contribution is -0.191. The lowest BCUT2D eigenvalue weighted by atomic mass is 9.92. The van der Waals surface area contributed by atoms with Gasteiger partial charge in [-0.3, -0.25) is 4.57 Å². The summed E-state index contributed by atoms with van der Waals surface area (Å²) in [5, 5.41) is 48.4. The van der Waals surface area contributed by atoms with Gasteiger partial charge in [-0.25, -0.2) is 14.6 Å². The van der Waals surface area contributed by atoms with Crippen molar-refractivity contribution < 1.29 is 44.0 Å². The van der Waals surface area contributed by atoms with Crippen LogP contribution in [0.25, 0.3) is 11.2 Å². The molecule has 0 saturated carbocycles. The van der Waals surface area contributed by atoms with E-state index in [1.54, 1.807) is 6.92 Å². The summed E-state index contributed by atoms with van der Waals surface area (Å²) in [4.78, 5) is 36.8. The molecule has 0 aromatic carbocycles. The first-order valence-electron chi connectivity index (χ1n) is 11.6. The number of nitrogens with one attached hydrogen (secondary N) is 1. The van der Waals surface area contributed by atoms with Crippen molar-refractivity contribution in [3.05, 3.63) is 29.1 Å². The Morgan fingerprint density at radius 2 is 2.05 bits per heavy atom. The normalized spacial score (nSPS) is 23.3. The van der Waals surface area contributed by atoms with E-state index in [1.807, 2.05) is 13.8 Å². The van der Waals surface area contributed by atoms with Crippen LogP contribution in [0, 0.1) is 19.3 Å². The van der Waals surface area contributed by atoms with Crippen molar-refractivity contribution in [1.29, 1.82) is 0 Å². The number of carboxylic acid groups (broad SMARTS) is 2. The lowest BCUT2D eigenvalue weighted by Crippen LogP contribution is -2.55. The zero-order valence-electron chi connectivity index (χ0n) is 20.9. The molecule has 0 spiro atoms. The summed E-state index contributed by atoms with van der Waals surface area (Å²) in [7, 11) is 0. The number of aliphatic hydroxyl groups excluding tert-OH is 1. The highest BCUT2D eigenvalue weighted by Gasteiger charge is 2.58. The number of imidazole rings is 1. The van der Waals surface area contributed by atoms with Gasteiger partial charge in [-0.2, -0.15) is 9.97 Å². The third-order valence-electron chi connectivity index (χ3n) is 6.12. The van der Waals surface area contributed by atoms with Gasteiger partial charge in [-0.05, 0) is 32.4 Å². The second-order valence-electron chi connectivity index (χ2n) is 9.25. The number of carbonyl (C=O) groups is 2. The van der Waals surface area contributed by atoms with Gasteiger partial charge in [0.1, 0.15) is 18.0 Å². The lowest BCUT2D eigenvalue weighted by Gasteiger charge is -2.29. The minimum Gasteiger partial charge on any atom is -0.479 e. The minimum absolute atomic E-state index is 0.00187. The number of anilines is 1. The third-order valence-corrected chi connectivity index (χ3v) is 6.29. The molecule has 0 unspecified atom stereocenters. The third kappa shape index (κ3) is 5.00. The fourth-order valence-electron chi connectivity index (χ4n) is 4.16. The van der Waals surface area contributed by atoms with Crippen molar-refractivity contribution in [2.45, 2.75) is 62.9 Å². The molecule has 3 aromatic rings. The van der Waals surface area contributed by atoms with Crippen LogP contribution in [0.15, 0.2) is 16.9 Å². The van der Waals surface area contributed by atoms with Crippen LogP contribution in [0.4, 0.5) is 5.82 Å². The van der Waals surface area contributed by atoms with Crippen LogP contribution in [0.1, 0.15) is 31.5 Å². The van der Waals surface area contributed by atoms with E-state index in [2.05, 4.69) is 31.3 Å². The minimum atomic E-state index is -2.84. The standard InChI is InChI=1S/C23H25ClN6O9/c1-5-22(36)13(8-37-23(19(32)33,20(34)35)7-12-6-11(4)39-29-12)38-18(15(22)31)30-9-25-14-16(26-10(2)3)27-21(24)28-17(14)30/h1,6,9-10,13,15,18,31,36H,7-8H2,2-4H3,(H,32,33)(H,34,35)(H,26,27,28)/t13-,15+,18-,22-/m1/s1. The maximum Gasteiger partial charge on any atom is 0.348 e. The predicted molar refractivity (Wildman–Crippen MR) is 132 cm³/mol. The van der Waals surface area contributed by atoms with E-state index in [0.29, 0.717) is 11.6 Å². The second kappa shape index (κ2) is 10.4. The number of carboxylic acids is 2. The highest BCUT2D eigenvalue weighted by molar-refractivity contribution is 6.28. The molecule has 1 aliphatic heterocycles. The highest BCUT2D eigenvalue weighted by atomic mass is 35.5. The van der Waals surface area contributed by atoms with Gasteiger partial charge < -0.3 is 39.7 Å². The number of ether oxygens (including phenoxy) is 2. The molecular formula is C23H25ClN6O9. The molecule has 16 heteroatoms. The Balaban J connectivity index is 1.66. The SMILES string of the molecule is C#C[C@@]1(O)[C@@H](COC(Cc2cc(C)on2)(C(=O)O)C(=O)O)O[C@@H](n2cnc3c(NC(C)C)nc(Cl)nc32)[C@@H]1O. The molecule has 15 nitrogen and oxygen atoms in total. The molecule has 0 amide bonds. The van der Waals surface area contributed by atoms with Crippen LogP contribution in [-0.4, -0.2) is 93.1 Å². The summed E-state index contributed by atoms with van der Waals surface area (Å²) in [6, 6.07) is 1.32. The Kier molecular flexibility index (Phi) is 7.52. The number of aryl methyl sites for hydroxylation is 1. The molecule has 5 N–H and O–H groups in total. The average molecular weight is 565 g/mol. The van der Waals surface area contributed by atoms with Crippen molar-refractivity contribution in [2.24, 2.45) is 0 Å². The number of nitrogens with zero attached hydrogens (tertiary/aromatic N) is 5. The van der Waals surface area contributed by atoms with Crippen LogP contribution in [-0.2, 0) is 25.5 Å². The van der Waals surface area contributed by atoms with Gasteiger partial charge in [0.2, 0.25) is 5.28 Å². The number of aliphatic hydroxyl groups is 2. The van der Waals surface area contributed by atoms with Gasteiger partial charge in [-0.15, -0.1) is 6.42 Å². The number of terminal acetylenes is 1. The van der Waals surface area contributed by atoms with E-state index >= 15 is 0 Å². The first-order chi connectivity index (χ1) is 18.3. The Labute approximate surface area is 225 Å². The van der Waals surface area contributed by atoms with Gasteiger partial charge >= 0.3 is 11.9 Å². The molecule has 3 aromatic heterocycles.